The van der Waals surface area contributed by atoms with Crippen molar-refractivity contribution >= 4 is 14.4 Å². The summed E-state index contributed by atoms with van der Waals surface area (Å²) in [6, 6.07) is 30.9. The van der Waals surface area contributed by atoms with Crippen molar-refractivity contribution in [1.82, 2.24) is 0 Å². The number of allylic oxidation sites excluding steroid dienone is 8. The van der Waals surface area contributed by atoms with Crippen LogP contribution in [0.25, 0.3) is 22.3 Å². The van der Waals surface area contributed by atoms with Gasteiger partial charge in [-0.05, 0) is 58.4 Å². The second-order valence-electron chi connectivity index (χ2n) is 13.3. The monoisotopic (exact) mass is 716 g/mol. The molecule has 0 aromatic heterocycles. The predicted molar refractivity (Wildman–Crippen MR) is 184 cm³/mol. The van der Waals surface area contributed by atoms with Gasteiger partial charge in [-0.2, -0.15) is 11.6 Å². The van der Waals surface area contributed by atoms with Crippen LogP contribution in [0.15, 0.2) is 109 Å². The van der Waals surface area contributed by atoms with Gasteiger partial charge in [0.15, 0.2) is 0 Å². The quantitative estimate of drug-likeness (QED) is 0.235. The normalized spacial score (nSPS) is 16.1. The van der Waals surface area contributed by atoms with E-state index in [1.807, 2.05) is 12.2 Å². The van der Waals surface area contributed by atoms with Crippen molar-refractivity contribution in [3.63, 3.8) is 0 Å². The third-order valence-electron chi connectivity index (χ3n) is 9.14. The van der Waals surface area contributed by atoms with Crippen LogP contribution in [0.4, 0.5) is 0 Å². The second-order valence-corrected chi connectivity index (χ2v) is 14.5. The Kier molecular flexibility index (Phi) is 11.4. The zero-order valence-electron chi connectivity index (χ0n) is 27.6. The summed E-state index contributed by atoms with van der Waals surface area (Å²) >= 11 is 1.46. The van der Waals surface area contributed by atoms with Gasteiger partial charge in [-0.25, -0.2) is 17.7 Å². The fraction of sp³-hybridized carbons (Fsp3) is 0.233. The average molecular weight is 719 g/mol. The molecule has 0 saturated carbocycles. The zero-order chi connectivity index (χ0) is 31.1. The third-order valence-corrected chi connectivity index (χ3v) is 10.6. The number of hydrogen-bond donors (Lipinski definition) is 0. The number of halogens is 2. The molecule has 8 rings (SSSR count). The molecule has 4 aromatic rings. The van der Waals surface area contributed by atoms with E-state index in [-0.39, 0.29) is 35.6 Å². The van der Waals surface area contributed by atoms with Crippen LogP contribution in [0.1, 0.15) is 92.5 Å². The average Bonchev–Trinajstić information content (AvgIpc) is 3.79. The molecule has 0 atom stereocenters. The van der Waals surface area contributed by atoms with Crippen molar-refractivity contribution in [2.24, 2.45) is 0 Å². The van der Waals surface area contributed by atoms with Crippen LogP contribution in [0.5, 0.6) is 0 Å². The van der Waals surface area contributed by atoms with Gasteiger partial charge in [-0.3, -0.25) is 12.2 Å². The van der Waals surface area contributed by atoms with E-state index in [2.05, 4.69) is 151 Å². The molecule has 0 unspecified atom stereocenters. The van der Waals surface area contributed by atoms with Gasteiger partial charge < -0.3 is 24.8 Å². The van der Waals surface area contributed by atoms with Crippen LogP contribution in [-0.2, 0) is 41.5 Å². The summed E-state index contributed by atoms with van der Waals surface area (Å²) in [7, 11) is 0. The van der Waals surface area contributed by atoms with Crippen LogP contribution in [0, 0.1) is 12.2 Å². The van der Waals surface area contributed by atoms with Gasteiger partial charge in [-0.1, -0.05) is 58.2 Å². The van der Waals surface area contributed by atoms with Crippen LogP contribution in [0.3, 0.4) is 0 Å². The summed E-state index contributed by atoms with van der Waals surface area (Å²) in [5.41, 5.74) is 17.2. The van der Waals surface area contributed by atoms with Crippen LogP contribution in [-0.4, -0.2) is 3.21 Å². The van der Waals surface area contributed by atoms with Gasteiger partial charge in [0.25, 0.3) is 0 Å². The predicted octanol–water partition coefficient (Wildman–Crippen LogP) is 4.57. The molecular formula is C43H40Cl2Zr-2. The molecule has 0 N–H and O–H groups in total. The van der Waals surface area contributed by atoms with Crippen LogP contribution >= 0.6 is 0 Å². The molecule has 0 heterocycles. The topological polar surface area (TPSA) is 0 Å². The van der Waals surface area contributed by atoms with Crippen molar-refractivity contribution in [3.8, 4) is 11.1 Å². The van der Waals surface area contributed by atoms with Crippen molar-refractivity contribution in [3.05, 3.63) is 166 Å². The summed E-state index contributed by atoms with van der Waals surface area (Å²) in [5.74, 6) is 0. The standard InChI is InChI=1S/C25H25.C13H10.C5H5.2ClH.Zr/c1-14-12-24(3,4)22-8-16-7-17-9-23-19(15(2)13-25(23,5)6)11-21(17)20(16)10-18(14)22;1-3-7-12(8-4-1)11-13-9-5-2-6-10-13;1-2-4-5-3-1;;;/h8-12H,7H2,1-6H3;1-10H;1-3H,4H2;2*1H;/q-1;;-1;;;+2/p-2. The minimum absolute atomic E-state index is 0. The molecule has 0 aliphatic heterocycles. The van der Waals surface area contributed by atoms with E-state index in [9.17, 15) is 0 Å². The fourth-order valence-electron chi connectivity index (χ4n) is 6.99. The van der Waals surface area contributed by atoms with E-state index in [0.29, 0.717) is 0 Å². The van der Waals surface area contributed by atoms with E-state index >= 15 is 0 Å². The van der Waals surface area contributed by atoms with E-state index in [1.54, 1.807) is 0 Å². The van der Waals surface area contributed by atoms with Gasteiger partial charge in [0.05, 0.1) is 0 Å². The Morgan fingerprint density at radius 2 is 1.24 bits per heavy atom. The Morgan fingerprint density at radius 3 is 1.74 bits per heavy atom. The number of fused-ring (bicyclic) bond motifs is 5. The molecule has 0 amide bonds. The fourth-order valence-corrected chi connectivity index (χ4v) is 7.81. The first-order chi connectivity index (χ1) is 21.0. The van der Waals surface area contributed by atoms with Crippen molar-refractivity contribution in [2.75, 3.05) is 0 Å². The minimum atomic E-state index is 0. The molecule has 0 fully saturated rings. The third kappa shape index (κ3) is 7.18. The Balaban J connectivity index is 0.000000193. The SMILES string of the molecule is CC1=[C-]C(C)(C)c2cc3c(cc21)-c1cc2c(cc1C3)C(C)(C)C=C2C.[C-]1=CC=CC1.[Cl-].[Cl-].[Zr+2]=[C](c1ccccc1)c1ccccc1. The summed E-state index contributed by atoms with van der Waals surface area (Å²) in [4.78, 5) is 0. The molecule has 4 aromatic carbocycles. The van der Waals surface area contributed by atoms with E-state index in [1.165, 1.54) is 94.2 Å². The van der Waals surface area contributed by atoms with Gasteiger partial charge >= 0.3 is 99.2 Å². The van der Waals surface area contributed by atoms with Gasteiger partial charge in [0.1, 0.15) is 0 Å². The molecule has 3 heteroatoms. The first-order valence-electron chi connectivity index (χ1n) is 15.6. The summed E-state index contributed by atoms with van der Waals surface area (Å²) in [6.45, 7) is 13.7. The molecule has 4 aliphatic carbocycles. The Morgan fingerprint density at radius 1 is 0.696 bits per heavy atom. The zero-order valence-corrected chi connectivity index (χ0v) is 31.5. The number of hydrogen-bond acceptors (Lipinski definition) is 0. The summed E-state index contributed by atoms with van der Waals surface area (Å²) in [6.07, 6.45) is 17.1. The maximum absolute atomic E-state index is 3.65. The first kappa shape index (κ1) is 36.0. The molecule has 46 heavy (non-hydrogen) atoms. The van der Waals surface area contributed by atoms with E-state index in [0.717, 1.165) is 12.8 Å². The van der Waals surface area contributed by atoms with Crippen LogP contribution in [0.2, 0.25) is 0 Å². The van der Waals surface area contributed by atoms with Crippen molar-refractivity contribution < 1.29 is 49.0 Å². The Hall–Kier alpha value is -2.83. The van der Waals surface area contributed by atoms with E-state index in [4.69, 9.17) is 0 Å². The van der Waals surface area contributed by atoms with Gasteiger partial charge in [0.2, 0.25) is 0 Å². The number of benzene rings is 4. The molecule has 0 radical (unpaired) electrons. The second kappa shape index (κ2) is 14.5. The maximum atomic E-state index is 3.65. The Labute approximate surface area is 303 Å². The molecule has 0 nitrogen and oxygen atoms in total. The van der Waals surface area contributed by atoms with Gasteiger partial charge in [0, 0.05) is 5.41 Å². The van der Waals surface area contributed by atoms with E-state index < -0.39 is 0 Å². The molecule has 232 valence electrons. The molecule has 0 bridgehead atoms. The molecule has 0 saturated heterocycles. The first-order valence-corrected chi connectivity index (χ1v) is 16.9. The molecular weight excluding hydrogens is 679 g/mol. The number of rotatable bonds is 2. The Bertz CT molecular complexity index is 1730. The summed E-state index contributed by atoms with van der Waals surface area (Å²) in [5, 5.41) is 0. The van der Waals surface area contributed by atoms with Crippen molar-refractivity contribution in [1.29, 1.82) is 0 Å². The van der Waals surface area contributed by atoms with Crippen LogP contribution < -0.4 is 24.8 Å². The molecule has 4 aliphatic rings. The van der Waals surface area contributed by atoms with Gasteiger partial charge in [-0.15, -0.1) is 18.1 Å². The van der Waals surface area contributed by atoms with Crippen molar-refractivity contribution in [2.45, 2.75) is 65.2 Å². The molecule has 0 spiro atoms. The summed E-state index contributed by atoms with van der Waals surface area (Å²) < 4.78 is 1.42.